The Morgan fingerprint density at radius 3 is 2.62 bits per heavy atom. The Kier molecular flexibility index (Phi) is 12.6. The molecule has 0 spiro atoms. The molecular formula is C31H45N7O7. The van der Waals surface area contributed by atoms with Gasteiger partial charge in [0, 0.05) is 37.8 Å². The third-order valence-corrected chi connectivity index (χ3v) is 8.16. The van der Waals surface area contributed by atoms with E-state index in [2.05, 4.69) is 33.2 Å². The minimum atomic E-state index is -0.572. The first-order valence-corrected chi connectivity index (χ1v) is 15.3. The number of aromatic nitrogens is 3. The molecule has 14 heteroatoms. The Bertz CT molecular complexity index is 1400. The van der Waals surface area contributed by atoms with Crippen LogP contribution < -0.4 is 26.8 Å². The zero-order valence-electron chi connectivity index (χ0n) is 26.4. The Hall–Kier alpha value is -4.33. The molecule has 2 bridgehead atoms. The van der Waals surface area contributed by atoms with E-state index in [9.17, 15) is 33.9 Å². The minimum absolute atomic E-state index is 0.107. The summed E-state index contributed by atoms with van der Waals surface area (Å²) < 4.78 is 2.89. The molecule has 2 aliphatic rings. The molecule has 246 valence electrons. The van der Waals surface area contributed by atoms with Gasteiger partial charge in [-0.05, 0) is 76.3 Å². The normalized spacial score (nSPS) is 22.6. The molecule has 5 unspecified atom stereocenters. The maximum absolute atomic E-state index is 12.6. The number of nitrogens with one attached hydrogen (secondary N) is 4. The number of hydrogen-bond donors (Lipinski definition) is 5. The molecule has 0 saturated heterocycles. The number of rotatable bonds is 12. The van der Waals surface area contributed by atoms with Gasteiger partial charge in [0.05, 0.1) is 18.6 Å². The van der Waals surface area contributed by atoms with Gasteiger partial charge in [-0.2, -0.15) is 0 Å². The molecule has 2 heterocycles. The number of Topliss-reactive ketones (excluding diaryl/α,β-unsaturated/α-hetero) is 1. The molecule has 2 aromatic heterocycles. The molecule has 2 fully saturated rings. The first-order chi connectivity index (χ1) is 21.4. The number of aliphatic hydroxyl groups is 1. The monoisotopic (exact) mass is 627 g/mol. The fourth-order valence-electron chi connectivity index (χ4n) is 6.45. The van der Waals surface area contributed by atoms with Crippen LogP contribution in [-0.2, 0) is 32.8 Å². The van der Waals surface area contributed by atoms with Gasteiger partial charge in [0.15, 0.2) is 0 Å². The summed E-state index contributed by atoms with van der Waals surface area (Å²) in [5, 5.41) is 20.8. The lowest BCUT2D eigenvalue weighted by atomic mass is 9.63. The summed E-state index contributed by atoms with van der Waals surface area (Å²) in [7, 11) is 1.73. The van der Waals surface area contributed by atoms with Crippen LogP contribution in [-0.4, -0.2) is 73.4 Å². The Morgan fingerprint density at radius 2 is 1.96 bits per heavy atom. The van der Waals surface area contributed by atoms with Gasteiger partial charge in [-0.1, -0.05) is 6.92 Å². The summed E-state index contributed by atoms with van der Waals surface area (Å²) in [5.74, 6) is -0.577. The van der Waals surface area contributed by atoms with Crippen molar-refractivity contribution in [2.24, 2.45) is 18.9 Å². The maximum Gasteiger partial charge on any atom is 0.287 e. The molecule has 14 nitrogen and oxygen atoms in total. The van der Waals surface area contributed by atoms with Gasteiger partial charge in [-0.15, -0.1) is 0 Å². The SMILES string of the molecule is CC1CC2CC(O)CC(NC(=O)Cn3cccc(NC=O)c3=O)(C1)C2.CCNC(=O)C(=O)CCC(C)NC(=O)c1cncn1C. The topological polar surface area (TPSA) is 194 Å². The van der Waals surface area contributed by atoms with E-state index < -0.39 is 17.2 Å². The van der Waals surface area contributed by atoms with E-state index in [1.165, 1.54) is 29.4 Å². The molecule has 4 amide bonds. The van der Waals surface area contributed by atoms with Crippen LogP contribution in [0.25, 0.3) is 0 Å². The molecule has 5 atom stereocenters. The number of fused-ring (bicyclic) bond motifs is 2. The number of hydrogen-bond acceptors (Lipinski definition) is 8. The number of aliphatic hydroxyl groups excluding tert-OH is 1. The fraction of sp³-hybridized carbons (Fsp3) is 0.581. The van der Waals surface area contributed by atoms with Gasteiger partial charge in [0.2, 0.25) is 18.1 Å². The largest absolute Gasteiger partial charge is 0.393 e. The number of aryl methyl sites for hydroxylation is 1. The molecule has 0 aliphatic heterocycles. The number of imidazole rings is 1. The van der Waals surface area contributed by atoms with Gasteiger partial charge >= 0.3 is 0 Å². The smallest absolute Gasteiger partial charge is 0.287 e. The highest BCUT2D eigenvalue weighted by atomic mass is 16.3. The van der Waals surface area contributed by atoms with E-state index in [1.807, 2.05) is 0 Å². The number of anilines is 1. The van der Waals surface area contributed by atoms with E-state index in [1.54, 1.807) is 31.5 Å². The van der Waals surface area contributed by atoms with Crippen LogP contribution in [0, 0.1) is 11.8 Å². The number of amides is 4. The average molecular weight is 628 g/mol. The molecule has 0 aromatic carbocycles. The van der Waals surface area contributed by atoms with E-state index in [0.717, 1.165) is 25.7 Å². The van der Waals surface area contributed by atoms with Crippen molar-refractivity contribution in [1.82, 2.24) is 30.1 Å². The van der Waals surface area contributed by atoms with Crippen LogP contribution >= 0.6 is 0 Å². The number of carbonyl (C=O) groups excluding carboxylic acids is 5. The second kappa shape index (κ2) is 16.1. The molecular weight excluding hydrogens is 582 g/mol. The summed E-state index contributed by atoms with van der Waals surface area (Å²) in [5.41, 5.74) is -0.199. The number of likely N-dealkylation sites (N-methyl/N-ethyl adjacent to an activating group) is 1. The first-order valence-electron chi connectivity index (χ1n) is 15.3. The van der Waals surface area contributed by atoms with E-state index >= 15 is 0 Å². The van der Waals surface area contributed by atoms with Gasteiger partial charge in [0.25, 0.3) is 17.4 Å². The summed E-state index contributed by atoms with van der Waals surface area (Å²) in [6, 6.07) is 2.91. The molecule has 5 N–H and O–H groups in total. The molecule has 2 aliphatic carbocycles. The third-order valence-electron chi connectivity index (χ3n) is 8.16. The summed E-state index contributed by atoms with van der Waals surface area (Å²) >= 11 is 0. The summed E-state index contributed by atoms with van der Waals surface area (Å²) in [6.07, 6.45) is 9.34. The van der Waals surface area contributed by atoms with Crippen LogP contribution in [0.2, 0.25) is 0 Å². The molecule has 2 saturated carbocycles. The van der Waals surface area contributed by atoms with Crippen molar-refractivity contribution in [3.05, 3.63) is 46.9 Å². The lowest BCUT2D eigenvalue weighted by Gasteiger charge is -2.49. The lowest BCUT2D eigenvalue weighted by molar-refractivity contribution is -0.137. The molecule has 2 aromatic rings. The van der Waals surface area contributed by atoms with Gasteiger partial charge in [-0.25, -0.2) is 4.98 Å². The van der Waals surface area contributed by atoms with Crippen molar-refractivity contribution in [3.63, 3.8) is 0 Å². The predicted octanol–water partition coefficient (Wildman–Crippen LogP) is 0.886. The van der Waals surface area contributed by atoms with Gasteiger partial charge in [0.1, 0.15) is 17.9 Å². The third kappa shape index (κ3) is 10.1. The highest BCUT2D eigenvalue weighted by molar-refractivity contribution is 6.36. The van der Waals surface area contributed by atoms with Crippen molar-refractivity contribution in [1.29, 1.82) is 0 Å². The Labute approximate surface area is 262 Å². The van der Waals surface area contributed by atoms with E-state index in [-0.39, 0.29) is 48.2 Å². The van der Waals surface area contributed by atoms with Gasteiger partial charge in [-0.3, -0.25) is 28.8 Å². The maximum atomic E-state index is 12.6. The number of pyridine rings is 1. The van der Waals surface area contributed by atoms with Crippen LogP contribution in [0.3, 0.4) is 0 Å². The Balaban J connectivity index is 0.000000253. The summed E-state index contributed by atoms with van der Waals surface area (Å²) in [4.78, 5) is 73.8. The van der Waals surface area contributed by atoms with Crippen molar-refractivity contribution in [2.45, 2.75) is 89.9 Å². The minimum Gasteiger partial charge on any atom is -0.393 e. The van der Waals surface area contributed by atoms with Crippen molar-refractivity contribution < 1.29 is 29.1 Å². The van der Waals surface area contributed by atoms with Crippen molar-refractivity contribution in [2.75, 3.05) is 11.9 Å². The highest BCUT2D eigenvalue weighted by Crippen LogP contribution is 2.45. The van der Waals surface area contributed by atoms with E-state index in [0.29, 0.717) is 43.3 Å². The van der Waals surface area contributed by atoms with Crippen LogP contribution in [0.5, 0.6) is 0 Å². The van der Waals surface area contributed by atoms with Crippen molar-refractivity contribution in [3.8, 4) is 0 Å². The zero-order chi connectivity index (χ0) is 33.1. The van der Waals surface area contributed by atoms with Crippen LogP contribution in [0.1, 0.15) is 76.2 Å². The average Bonchev–Trinajstić information content (AvgIpc) is 3.39. The fourth-order valence-corrected chi connectivity index (χ4v) is 6.45. The quantitative estimate of drug-likeness (QED) is 0.169. The van der Waals surface area contributed by atoms with Gasteiger partial charge < -0.3 is 35.5 Å². The molecule has 4 rings (SSSR count). The molecule has 0 radical (unpaired) electrons. The summed E-state index contributed by atoms with van der Waals surface area (Å²) in [6.45, 7) is 6.05. The van der Waals surface area contributed by atoms with Crippen LogP contribution in [0.4, 0.5) is 5.69 Å². The zero-order valence-corrected chi connectivity index (χ0v) is 26.4. The molecule has 45 heavy (non-hydrogen) atoms. The second-order valence-electron chi connectivity index (χ2n) is 12.2. The van der Waals surface area contributed by atoms with Crippen LogP contribution in [0.15, 0.2) is 35.6 Å². The number of ketones is 1. The Morgan fingerprint density at radius 1 is 1.20 bits per heavy atom. The number of nitrogens with zero attached hydrogens (tertiary/aromatic N) is 3. The lowest BCUT2D eigenvalue weighted by Crippen LogP contribution is -2.58. The standard InChI is InChI=1S/C18H25N3O4.C13H20N4O3/c1-12-5-13-6-14(23)9-18(7-12,8-13)20-16(24)10-21-4-2-3-15(17(21)25)19-11-22;1-4-15-13(20)11(18)6-5-9(2)16-12(19)10-7-14-8-17(10)3/h2-4,11-14,23H,5-10H2,1H3,(H,19,22)(H,20,24);7-9H,4-6H2,1-3H3,(H,15,20)(H,16,19). The highest BCUT2D eigenvalue weighted by Gasteiger charge is 2.45. The predicted molar refractivity (Wildman–Crippen MR) is 166 cm³/mol. The first kappa shape index (κ1) is 35.2. The van der Waals surface area contributed by atoms with Crippen molar-refractivity contribution >= 4 is 35.6 Å². The number of carbonyl (C=O) groups is 5. The van der Waals surface area contributed by atoms with E-state index in [4.69, 9.17) is 0 Å². The second-order valence-corrected chi connectivity index (χ2v) is 12.2.